The van der Waals surface area contributed by atoms with Crippen molar-refractivity contribution >= 4 is 23.2 Å². The smallest absolute Gasteiger partial charge is 0.0491 e. The molecule has 3 heterocycles. The van der Waals surface area contributed by atoms with E-state index in [4.69, 9.17) is 33.7 Å². The number of hydrogen-bond acceptors (Lipinski definition) is 3. The molecule has 2 aliphatic heterocycles. The predicted molar refractivity (Wildman–Crippen MR) is 173 cm³/mol. The van der Waals surface area contributed by atoms with Gasteiger partial charge in [-0.25, -0.2) is 0 Å². The van der Waals surface area contributed by atoms with Gasteiger partial charge in [-0.2, -0.15) is 0 Å². The lowest BCUT2D eigenvalue weighted by Gasteiger charge is -2.37. The summed E-state index contributed by atoms with van der Waals surface area (Å²) < 4.78 is 2.42. The summed E-state index contributed by atoms with van der Waals surface area (Å²) in [6, 6.07) is 17.4. The zero-order valence-electron chi connectivity index (χ0n) is 25.0. The molecule has 1 saturated heterocycles. The average molecular weight is 598 g/mol. The third-order valence-corrected chi connectivity index (χ3v) is 9.73. The Kier molecular flexibility index (Phi) is 11.4. The van der Waals surface area contributed by atoms with Crippen LogP contribution >= 0.6 is 23.2 Å². The van der Waals surface area contributed by atoms with Crippen molar-refractivity contribution in [3.8, 4) is 5.69 Å². The number of halogens is 2. The summed E-state index contributed by atoms with van der Waals surface area (Å²) in [6.07, 6.45) is 12.3. The first-order valence-corrected chi connectivity index (χ1v) is 16.2. The third kappa shape index (κ3) is 7.05. The van der Waals surface area contributed by atoms with Gasteiger partial charge in [0.15, 0.2) is 0 Å². The first kappa shape index (κ1) is 31.7. The molecule has 2 aromatic carbocycles. The van der Waals surface area contributed by atoms with Crippen molar-refractivity contribution in [1.82, 2.24) is 9.47 Å². The molecule has 41 heavy (non-hydrogen) atoms. The van der Waals surface area contributed by atoms with Gasteiger partial charge in [-0.05, 0) is 98.4 Å². The number of rotatable bonds is 6. The van der Waals surface area contributed by atoms with Crippen molar-refractivity contribution < 1.29 is 10.5 Å². The quantitative estimate of drug-likeness (QED) is 0.220. The van der Waals surface area contributed by atoms with Crippen LogP contribution in [0.25, 0.3) is 5.69 Å². The summed E-state index contributed by atoms with van der Waals surface area (Å²) in [6.45, 7) is 10.9. The van der Waals surface area contributed by atoms with Crippen LogP contribution in [0.2, 0.25) is 10.0 Å². The number of benzene rings is 2. The van der Waals surface area contributed by atoms with E-state index in [1.807, 2.05) is 19.9 Å². The van der Waals surface area contributed by atoms with Gasteiger partial charge >= 0.3 is 0 Å². The van der Waals surface area contributed by atoms with Crippen molar-refractivity contribution in [3.63, 3.8) is 0 Å². The molecular weight excluding hydrogens is 551 g/mol. The Morgan fingerprint density at radius 3 is 2.37 bits per heavy atom. The van der Waals surface area contributed by atoms with Gasteiger partial charge in [0, 0.05) is 58.2 Å². The second kappa shape index (κ2) is 14.8. The van der Waals surface area contributed by atoms with E-state index >= 15 is 0 Å². The highest BCUT2D eigenvalue weighted by molar-refractivity contribution is 6.32. The first-order chi connectivity index (χ1) is 20.0. The van der Waals surface area contributed by atoms with Gasteiger partial charge in [-0.15, -0.1) is 0 Å². The van der Waals surface area contributed by atoms with E-state index in [1.165, 1.54) is 74.1 Å². The average Bonchev–Trinajstić information content (AvgIpc) is 3.75. The Morgan fingerprint density at radius 1 is 0.951 bits per heavy atom. The summed E-state index contributed by atoms with van der Waals surface area (Å²) in [7, 11) is 0. The third-order valence-electron chi connectivity index (χ3n) is 8.98. The molecule has 3 aliphatic rings. The SMILES string of the molecule is CC.CCCC1CCN(C(CC2CC(c3cccc(C)c3Cl)c3cc(Cl)ccc3-n3cccc32)=C2CC2)CC1.OO. The molecule has 0 radical (unpaired) electrons. The molecule has 3 aromatic rings. The molecule has 0 bridgehead atoms. The number of fused-ring (bicyclic) bond motifs is 3. The molecule has 0 spiro atoms. The Hall–Kier alpha value is -2.24. The van der Waals surface area contributed by atoms with Crippen LogP contribution in [0.15, 0.2) is 66.0 Å². The fourth-order valence-corrected chi connectivity index (χ4v) is 7.34. The van der Waals surface area contributed by atoms with Crippen LogP contribution in [-0.2, 0) is 0 Å². The van der Waals surface area contributed by atoms with E-state index < -0.39 is 0 Å². The minimum Gasteiger partial charge on any atom is -0.375 e. The number of likely N-dealkylation sites (tertiary alicyclic amines) is 1. The zero-order chi connectivity index (χ0) is 29.5. The van der Waals surface area contributed by atoms with E-state index in [2.05, 4.69) is 72.0 Å². The molecule has 2 fully saturated rings. The number of nitrogens with zero attached hydrogens (tertiary/aromatic N) is 2. The Morgan fingerprint density at radius 2 is 1.68 bits per heavy atom. The summed E-state index contributed by atoms with van der Waals surface area (Å²) in [5.41, 5.74) is 9.62. The predicted octanol–water partition coefficient (Wildman–Crippen LogP) is 10.7. The lowest BCUT2D eigenvalue weighted by Crippen LogP contribution is -2.34. The monoisotopic (exact) mass is 596 g/mol. The first-order valence-electron chi connectivity index (χ1n) is 15.4. The van der Waals surface area contributed by atoms with Crippen molar-refractivity contribution in [3.05, 3.63) is 98.4 Å². The summed E-state index contributed by atoms with van der Waals surface area (Å²) in [5.74, 6) is 1.53. The normalized spacial score (nSPS) is 19.6. The summed E-state index contributed by atoms with van der Waals surface area (Å²) >= 11 is 13.6. The van der Waals surface area contributed by atoms with E-state index in [0.29, 0.717) is 5.92 Å². The zero-order valence-corrected chi connectivity index (χ0v) is 26.6. The van der Waals surface area contributed by atoms with Gasteiger partial charge in [-0.3, -0.25) is 10.5 Å². The van der Waals surface area contributed by atoms with Gasteiger partial charge in [0.25, 0.3) is 0 Å². The minimum atomic E-state index is 0.201. The van der Waals surface area contributed by atoms with Crippen LogP contribution < -0.4 is 0 Å². The van der Waals surface area contributed by atoms with Crippen molar-refractivity contribution in [2.24, 2.45) is 5.92 Å². The molecular formula is C35H46Cl2N2O2. The molecule has 222 valence electrons. The number of piperidine rings is 1. The highest BCUT2D eigenvalue weighted by atomic mass is 35.5. The highest BCUT2D eigenvalue weighted by Crippen LogP contribution is 2.48. The van der Waals surface area contributed by atoms with Crippen LogP contribution in [0.4, 0.5) is 0 Å². The van der Waals surface area contributed by atoms with Gasteiger partial charge in [0.1, 0.15) is 0 Å². The molecule has 4 nitrogen and oxygen atoms in total. The summed E-state index contributed by atoms with van der Waals surface area (Å²) in [5, 5.41) is 13.7. The molecule has 0 amide bonds. The number of aromatic nitrogens is 1. The number of allylic oxidation sites excluding steroid dienone is 2. The lowest BCUT2D eigenvalue weighted by atomic mass is 9.80. The van der Waals surface area contributed by atoms with Crippen molar-refractivity contribution in [2.45, 2.75) is 90.9 Å². The molecule has 6 heteroatoms. The maximum Gasteiger partial charge on any atom is 0.0491 e. The molecule has 2 N–H and O–H groups in total. The molecule has 1 saturated carbocycles. The van der Waals surface area contributed by atoms with E-state index in [1.54, 1.807) is 11.3 Å². The summed E-state index contributed by atoms with van der Waals surface area (Å²) in [4.78, 5) is 2.76. The van der Waals surface area contributed by atoms with Crippen LogP contribution in [0.1, 0.15) is 106 Å². The van der Waals surface area contributed by atoms with Gasteiger partial charge in [-0.1, -0.05) is 80.6 Å². The van der Waals surface area contributed by atoms with E-state index in [0.717, 1.165) is 34.4 Å². The Labute approximate surface area is 256 Å². The second-order valence-electron chi connectivity index (χ2n) is 11.4. The molecule has 1 aliphatic carbocycles. The molecule has 1 aromatic heterocycles. The minimum absolute atomic E-state index is 0.201. The molecule has 2 atom stereocenters. The van der Waals surface area contributed by atoms with Gasteiger partial charge in [0.2, 0.25) is 0 Å². The second-order valence-corrected chi connectivity index (χ2v) is 12.3. The van der Waals surface area contributed by atoms with Crippen LogP contribution in [0.5, 0.6) is 0 Å². The fourth-order valence-electron chi connectivity index (χ4n) is 6.91. The molecule has 6 rings (SSSR count). The van der Waals surface area contributed by atoms with E-state index in [9.17, 15) is 0 Å². The number of aryl methyl sites for hydroxylation is 1. The van der Waals surface area contributed by atoms with Crippen molar-refractivity contribution in [2.75, 3.05) is 13.1 Å². The van der Waals surface area contributed by atoms with Crippen molar-refractivity contribution in [1.29, 1.82) is 0 Å². The van der Waals surface area contributed by atoms with Crippen LogP contribution in [-0.4, -0.2) is 33.1 Å². The maximum absolute atomic E-state index is 6.99. The standard InChI is InChI=1S/C33H38Cl2N2.C2H6.H2O2/c1-3-6-23-14-17-36(18-15-23)32(24-10-11-24)20-25-19-28(27-8-4-7-22(2)33(27)35)29-21-26(34)12-13-31(29)37-16-5-9-30(25)37;2*1-2/h4-5,7-9,12-13,16,21,23,25,28H,3,6,10-11,14-15,17-20H2,1-2H3;1-2H3;1-2H. The number of hydrogen-bond donors (Lipinski definition) is 2. The highest BCUT2D eigenvalue weighted by Gasteiger charge is 2.34. The largest absolute Gasteiger partial charge is 0.375 e. The fraction of sp³-hybridized carbons (Fsp3) is 0.486. The topological polar surface area (TPSA) is 48.6 Å². The Bertz CT molecular complexity index is 1320. The Balaban J connectivity index is 0.000000929. The van der Waals surface area contributed by atoms with Gasteiger partial charge < -0.3 is 9.47 Å². The van der Waals surface area contributed by atoms with E-state index in [-0.39, 0.29) is 5.92 Å². The lowest BCUT2D eigenvalue weighted by molar-refractivity contribution is -0.176. The van der Waals surface area contributed by atoms with Gasteiger partial charge in [0.05, 0.1) is 0 Å². The van der Waals surface area contributed by atoms with Crippen LogP contribution in [0.3, 0.4) is 0 Å². The van der Waals surface area contributed by atoms with Crippen LogP contribution in [0, 0.1) is 12.8 Å². The maximum atomic E-state index is 6.99. The molecule has 2 unspecified atom stereocenters.